The molecular formula is C41H55IrN3OS-4. The summed E-state index contributed by atoms with van der Waals surface area (Å²) in [5.74, 6) is 3.79. The Hall–Kier alpha value is -1.62. The van der Waals surface area contributed by atoms with Gasteiger partial charge in [0.15, 0.2) is 6.23 Å². The predicted octanol–water partition coefficient (Wildman–Crippen LogP) is 11.2. The summed E-state index contributed by atoms with van der Waals surface area (Å²) in [5, 5.41) is 10.4. The van der Waals surface area contributed by atoms with Gasteiger partial charge in [-0.1, -0.05) is 96.8 Å². The minimum absolute atomic E-state index is 0. The minimum atomic E-state index is -2.14. The molecule has 0 N–H and O–H groups in total. The molecule has 4 nitrogen and oxygen atoms in total. The van der Waals surface area contributed by atoms with Gasteiger partial charge in [0.2, 0.25) is 0 Å². The van der Waals surface area contributed by atoms with Gasteiger partial charge in [-0.3, -0.25) is 11.1 Å². The maximum absolute atomic E-state index is 7.76. The van der Waals surface area contributed by atoms with E-state index in [1.54, 1.807) is 0 Å². The van der Waals surface area contributed by atoms with Gasteiger partial charge in [-0.15, -0.1) is 37.3 Å². The van der Waals surface area contributed by atoms with Gasteiger partial charge in [-0.25, -0.2) is 11.3 Å². The molecular weight excluding hydrogens is 775 g/mol. The van der Waals surface area contributed by atoms with E-state index >= 15 is 0 Å². The fraction of sp³-hybridized carbons (Fsp3) is 0.659. The van der Waals surface area contributed by atoms with Crippen molar-refractivity contribution < 1.29 is 29.0 Å². The van der Waals surface area contributed by atoms with Gasteiger partial charge >= 0.3 is 0 Å². The fourth-order valence-electron chi connectivity index (χ4n) is 8.62. The van der Waals surface area contributed by atoms with E-state index in [0.717, 1.165) is 55.3 Å². The molecule has 47 heavy (non-hydrogen) atoms. The third kappa shape index (κ3) is 6.79. The van der Waals surface area contributed by atoms with E-state index in [1.807, 2.05) is 0 Å². The van der Waals surface area contributed by atoms with E-state index in [-0.39, 0.29) is 26.0 Å². The van der Waals surface area contributed by atoms with Crippen molar-refractivity contribution in [1.82, 2.24) is 0 Å². The van der Waals surface area contributed by atoms with Crippen molar-refractivity contribution in [1.29, 1.82) is 0 Å². The molecule has 8 aliphatic rings. The molecule has 7 atom stereocenters. The van der Waals surface area contributed by atoms with E-state index in [1.165, 1.54) is 53.0 Å². The zero-order valence-electron chi connectivity index (χ0n) is 32.4. The Morgan fingerprint density at radius 2 is 1.87 bits per heavy atom. The van der Waals surface area contributed by atoms with Crippen LogP contribution in [0, 0.1) is 52.9 Å². The van der Waals surface area contributed by atoms with Crippen LogP contribution in [0.1, 0.15) is 111 Å². The molecule has 1 radical (unpaired) electrons. The molecule has 259 valence electrons. The first-order chi connectivity index (χ1) is 23.1. The second-order valence-electron chi connectivity index (χ2n) is 16.5. The molecule has 0 amide bonds. The van der Waals surface area contributed by atoms with Gasteiger partial charge in [0.1, 0.15) is 0 Å². The summed E-state index contributed by atoms with van der Waals surface area (Å²) >= 11 is 2.07. The van der Waals surface area contributed by atoms with Crippen LogP contribution in [0.15, 0.2) is 67.6 Å². The van der Waals surface area contributed by atoms with E-state index in [2.05, 4.69) is 101 Å². The summed E-state index contributed by atoms with van der Waals surface area (Å²) in [6.07, 6.45) is 20.5. The molecule has 0 aromatic carbocycles. The van der Waals surface area contributed by atoms with Crippen LogP contribution in [-0.4, -0.2) is 30.3 Å². The molecule has 0 aromatic rings. The maximum Gasteiger partial charge on any atom is 0.181 e. The van der Waals surface area contributed by atoms with Crippen LogP contribution in [0.5, 0.6) is 0 Å². The number of allylic oxidation sites excluding steroid dienone is 7. The van der Waals surface area contributed by atoms with Gasteiger partial charge in [0.05, 0.1) is 0 Å². The van der Waals surface area contributed by atoms with Crippen molar-refractivity contribution in [3.8, 4) is 0 Å². The van der Waals surface area contributed by atoms with Gasteiger partial charge in [0.25, 0.3) is 0 Å². The number of hydrogen-bond acceptors (Lipinski definition) is 3. The summed E-state index contributed by atoms with van der Waals surface area (Å²) in [4.78, 5) is 5.95. The van der Waals surface area contributed by atoms with Crippen LogP contribution in [0.25, 0.3) is 10.6 Å². The summed E-state index contributed by atoms with van der Waals surface area (Å²) in [6.45, 7) is 16.3. The molecule has 5 aliphatic heterocycles. The number of rotatable bonds is 2. The average molecular weight is 833 g/mol. The Balaban J connectivity index is 0.000000227. The zero-order valence-corrected chi connectivity index (χ0v) is 32.6. The van der Waals surface area contributed by atoms with Crippen molar-refractivity contribution in [3.63, 3.8) is 0 Å². The molecule has 8 rings (SSSR count). The Kier molecular flexibility index (Phi) is 9.07. The number of aliphatic imine (C=N–C) groups is 1. The summed E-state index contributed by atoms with van der Waals surface area (Å²) in [5.41, 5.74) is 8.36. The Bertz CT molecular complexity index is 1580. The minimum Gasteiger partial charge on any atom is -0.769 e. The van der Waals surface area contributed by atoms with Crippen LogP contribution in [0.3, 0.4) is 0 Å². The molecule has 1 saturated carbocycles. The Labute approximate surface area is 307 Å². The van der Waals surface area contributed by atoms with Crippen molar-refractivity contribution in [3.05, 3.63) is 85.7 Å². The molecule has 2 fully saturated rings. The second-order valence-corrected chi connectivity index (χ2v) is 17.7. The van der Waals surface area contributed by atoms with Crippen LogP contribution in [0.4, 0.5) is 0 Å². The van der Waals surface area contributed by atoms with Gasteiger partial charge in [-0.2, -0.15) is 18.1 Å². The van der Waals surface area contributed by atoms with Gasteiger partial charge in [-0.05, 0) is 60.1 Å². The molecule has 1 saturated heterocycles. The largest absolute Gasteiger partial charge is 0.769 e. The van der Waals surface area contributed by atoms with Gasteiger partial charge < -0.3 is 21.1 Å². The van der Waals surface area contributed by atoms with Crippen molar-refractivity contribution >= 4 is 17.5 Å². The first-order valence-corrected chi connectivity index (χ1v) is 18.8. The summed E-state index contributed by atoms with van der Waals surface area (Å²) in [6, 6.07) is 0. The number of fused-ring (bicyclic) bond motifs is 5. The predicted molar refractivity (Wildman–Crippen MR) is 194 cm³/mol. The molecule has 6 heteroatoms. The summed E-state index contributed by atoms with van der Waals surface area (Å²) < 4.78 is 29.6. The average Bonchev–Trinajstić information content (AvgIpc) is 3.65. The second kappa shape index (κ2) is 13.6. The van der Waals surface area contributed by atoms with Crippen LogP contribution < -0.4 is 0 Å². The van der Waals surface area contributed by atoms with Crippen molar-refractivity contribution in [2.75, 3.05) is 13.1 Å². The van der Waals surface area contributed by atoms with E-state index < -0.39 is 13.1 Å². The van der Waals surface area contributed by atoms with Crippen LogP contribution in [0.2, 0.25) is 0 Å². The molecule has 0 bridgehead atoms. The SMILES string of the molecule is C[C@H]1C[C-]=C(C2=C[C@H](C)[C@H](C)C[N-]2)CC1.[2H]C([2H])([2H])C1=NC2OC3=C(C4=CC5=C(C[N-]4)[C@H]4[C@@H](S5)C(C)(C)CCC4(C)C)[CH-]CC=C3C2CC1.[Ir]. The van der Waals surface area contributed by atoms with Crippen LogP contribution in [-0.2, 0) is 24.8 Å². The quantitative estimate of drug-likeness (QED) is 0.260. The number of ether oxygens (including phenoxy) is 1. The third-order valence-electron chi connectivity index (χ3n) is 12.1. The first-order valence-electron chi connectivity index (χ1n) is 19.4. The Morgan fingerprint density at radius 3 is 2.62 bits per heavy atom. The molecule has 3 aliphatic carbocycles. The van der Waals surface area contributed by atoms with E-state index in [4.69, 9.17) is 14.2 Å². The summed E-state index contributed by atoms with van der Waals surface area (Å²) in [7, 11) is 0. The van der Waals surface area contributed by atoms with Crippen molar-refractivity contribution in [2.24, 2.45) is 45.4 Å². The maximum atomic E-state index is 7.76. The smallest absolute Gasteiger partial charge is 0.181 e. The third-order valence-corrected chi connectivity index (χ3v) is 13.9. The Morgan fingerprint density at radius 1 is 1.06 bits per heavy atom. The van der Waals surface area contributed by atoms with E-state index in [0.29, 0.717) is 46.0 Å². The molecule has 0 aromatic heterocycles. The first kappa shape index (κ1) is 31.4. The fourth-order valence-corrected chi connectivity index (χ4v) is 10.5. The van der Waals surface area contributed by atoms with Crippen molar-refractivity contribution in [2.45, 2.75) is 118 Å². The number of hydrogen-bond donors (Lipinski definition) is 0. The molecule has 2 unspecified atom stereocenters. The zero-order chi connectivity index (χ0) is 34.9. The van der Waals surface area contributed by atoms with Gasteiger partial charge in [0, 0.05) is 46.9 Å². The van der Waals surface area contributed by atoms with Crippen LogP contribution >= 0.6 is 11.8 Å². The number of nitrogens with zero attached hydrogens (tertiary/aromatic N) is 3. The molecule has 5 heterocycles. The molecule has 0 spiro atoms. The standard InChI is InChI=1S/C27H34N2OS.C14H21N.Ir/c1-15-9-10-17-16-7-6-8-18(23(16)30-25(17)29-15)20-13-21-19(14-28-20)22-24(31-21)27(4,5)12-11-26(22,2)3;1-10-4-6-13(7-5-10)14-8-11(2)12(3)9-15-14;/h7-8,13,17,22,24-25H,6,9-12,14H2,1-5H3;8,10-12H,4-6,9H2,1-3H3;/q2*-2;/t17?,22-,24+,25?;10-,11+,12-;/m01./s1/i1D3;;. The normalized spacial score (nSPS) is 37.5. The van der Waals surface area contributed by atoms with E-state index in [9.17, 15) is 0 Å². The number of thioether (sulfide) groups is 1. The monoisotopic (exact) mass is 833 g/mol. The topological polar surface area (TPSA) is 49.8 Å².